The Labute approximate surface area is 271 Å². The molecule has 0 fully saturated rings. The Hall–Kier alpha value is -2.62. The number of ether oxygens (including phenoxy) is 1. The van der Waals surface area contributed by atoms with Gasteiger partial charge in [0.15, 0.2) is 0 Å². The summed E-state index contributed by atoms with van der Waals surface area (Å²) in [5.41, 5.74) is 0. The van der Waals surface area contributed by atoms with Gasteiger partial charge >= 0.3 is 11.9 Å². The molecule has 4 heteroatoms. The summed E-state index contributed by atoms with van der Waals surface area (Å²) in [4.78, 5) is 23.0. The van der Waals surface area contributed by atoms with Gasteiger partial charge in [0.1, 0.15) is 6.10 Å². The van der Waals surface area contributed by atoms with E-state index in [0.29, 0.717) is 12.8 Å². The average Bonchev–Trinajstić information content (AvgIpc) is 3.01. The van der Waals surface area contributed by atoms with Gasteiger partial charge in [0.2, 0.25) is 0 Å². The van der Waals surface area contributed by atoms with Crippen LogP contribution in [0.15, 0.2) is 72.9 Å². The zero-order valence-corrected chi connectivity index (χ0v) is 28.4. The van der Waals surface area contributed by atoms with Crippen molar-refractivity contribution in [3.05, 3.63) is 72.9 Å². The number of carbonyl (C=O) groups excluding carboxylic acids is 1. The van der Waals surface area contributed by atoms with Gasteiger partial charge < -0.3 is 9.84 Å². The molecule has 1 unspecified atom stereocenters. The molecule has 1 atom stereocenters. The standard InChI is InChI=1S/C40H66O4/c1-3-5-7-8-9-10-11-12-13-14-15-16-17-18-19-20-21-22-27-30-33-37-40(43)44-38(34-6-4-2)35-31-28-25-23-24-26-29-32-36-39(41)42/h5,7,9-10,12-13,15-16,18-19,21-22,38H,3-4,6,8,11,14,17,20,23-37H2,1-2H3,(H,41,42)/b7-5-,10-9-,13-12-,16-15-,19-18-,22-21-. The second kappa shape index (κ2) is 34.9. The van der Waals surface area contributed by atoms with Crippen molar-refractivity contribution in [3.63, 3.8) is 0 Å². The highest BCUT2D eigenvalue weighted by Gasteiger charge is 2.13. The molecule has 44 heavy (non-hydrogen) atoms. The predicted molar refractivity (Wildman–Crippen MR) is 190 cm³/mol. The van der Waals surface area contributed by atoms with Crippen LogP contribution in [-0.4, -0.2) is 23.1 Å². The van der Waals surface area contributed by atoms with Crippen molar-refractivity contribution in [2.24, 2.45) is 0 Å². The van der Waals surface area contributed by atoms with E-state index >= 15 is 0 Å². The molecule has 0 radical (unpaired) electrons. The summed E-state index contributed by atoms with van der Waals surface area (Å²) in [5, 5.41) is 8.68. The monoisotopic (exact) mass is 610 g/mol. The van der Waals surface area contributed by atoms with Crippen LogP contribution in [0.3, 0.4) is 0 Å². The number of carboxylic acid groups (broad SMARTS) is 1. The average molecular weight is 611 g/mol. The normalized spacial score (nSPS) is 13.1. The molecule has 0 bridgehead atoms. The fourth-order valence-electron chi connectivity index (χ4n) is 4.82. The zero-order valence-electron chi connectivity index (χ0n) is 28.4. The maximum absolute atomic E-state index is 12.4. The van der Waals surface area contributed by atoms with E-state index in [1.807, 2.05) is 0 Å². The van der Waals surface area contributed by atoms with E-state index in [9.17, 15) is 9.59 Å². The molecule has 0 aromatic carbocycles. The molecule has 0 heterocycles. The number of esters is 1. The lowest BCUT2D eigenvalue weighted by Crippen LogP contribution is -2.18. The Kier molecular flexibility index (Phi) is 32.8. The van der Waals surface area contributed by atoms with Crippen molar-refractivity contribution < 1.29 is 19.4 Å². The van der Waals surface area contributed by atoms with Gasteiger partial charge in [-0.2, -0.15) is 0 Å². The Morgan fingerprint density at radius 3 is 1.45 bits per heavy atom. The molecule has 0 aliphatic heterocycles. The summed E-state index contributed by atoms with van der Waals surface area (Å²) in [5.74, 6) is -0.723. The number of carboxylic acids is 1. The van der Waals surface area contributed by atoms with Crippen LogP contribution in [0.2, 0.25) is 0 Å². The maximum atomic E-state index is 12.4. The minimum atomic E-state index is -0.691. The van der Waals surface area contributed by atoms with Crippen LogP contribution in [0, 0.1) is 0 Å². The number of aliphatic carboxylic acids is 1. The largest absolute Gasteiger partial charge is 0.481 e. The quantitative estimate of drug-likeness (QED) is 0.0482. The third-order valence-electron chi connectivity index (χ3n) is 7.44. The zero-order chi connectivity index (χ0) is 32.2. The van der Waals surface area contributed by atoms with E-state index in [-0.39, 0.29) is 12.1 Å². The van der Waals surface area contributed by atoms with E-state index in [0.717, 1.165) is 109 Å². The van der Waals surface area contributed by atoms with Crippen molar-refractivity contribution in [1.29, 1.82) is 0 Å². The highest BCUT2D eigenvalue weighted by atomic mass is 16.5. The molecule has 0 aliphatic rings. The minimum Gasteiger partial charge on any atom is -0.481 e. The molecular weight excluding hydrogens is 544 g/mol. The van der Waals surface area contributed by atoms with Crippen molar-refractivity contribution in [1.82, 2.24) is 0 Å². The van der Waals surface area contributed by atoms with Crippen molar-refractivity contribution in [2.75, 3.05) is 0 Å². The van der Waals surface area contributed by atoms with Crippen molar-refractivity contribution in [2.45, 2.75) is 168 Å². The molecule has 0 rings (SSSR count). The summed E-state index contributed by atoms with van der Waals surface area (Å²) >= 11 is 0. The Balaban J connectivity index is 3.81. The molecule has 0 aromatic heterocycles. The number of hydrogen-bond acceptors (Lipinski definition) is 3. The first-order chi connectivity index (χ1) is 21.6. The van der Waals surface area contributed by atoms with E-state index in [1.54, 1.807) is 0 Å². The molecule has 1 N–H and O–H groups in total. The fraction of sp³-hybridized carbons (Fsp3) is 0.650. The molecule has 4 nitrogen and oxygen atoms in total. The first kappa shape index (κ1) is 41.4. The lowest BCUT2D eigenvalue weighted by molar-refractivity contribution is -0.150. The second-order valence-electron chi connectivity index (χ2n) is 11.7. The van der Waals surface area contributed by atoms with E-state index < -0.39 is 5.97 Å². The first-order valence-electron chi connectivity index (χ1n) is 17.9. The van der Waals surface area contributed by atoms with Gasteiger partial charge in [-0.3, -0.25) is 9.59 Å². The summed E-state index contributed by atoms with van der Waals surface area (Å²) in [6, 6.07) is 0. The third-order valence-corrected chi connectivity index (χ3v) is 7.44. The van der Waals surface area contributed by atoms with E-state index in [2.05, 4.69) is 86.8 Å². The summed E-state index contributed by atoms with van der Waals surface area (Å²) in [6.07, 6.45) is 49.5. The van der Waals surface area contributed by atoms with Gasteiger partial charge in [-0.15, -0.1) is 0 Å². The Morgan fingerprint density at radius 1 is 0.523 bits per heavy atom. The lowest BCUT2D eigenvalue weighted by atomic mass is 10.0. The lowest BCUT2D eigenvalue weighted by Gasteiger charge is -2.18. The second-order valence-corrected chi connectivity index (χ2v) is 11.7. The molecular formula is C40H66O4. The summed E-state index contributed by atoms with van der Waals surface area (Å²) < 4.78 is 5.86. The van der Waals surface area contributed by atoms with E-state index in [1.165, 1.54) is 25.7 Å². The van der Waals surface area contributed by atoms with Crippen LogP contribution in [0.25, 0.3) is 0 Å². The highest BCUT2D eigenvalue weighted by molar-refractivity contribution is 5.69. The number of rotatable bonds is 31. The molecule has 0 aliphatic carbocycles. The van der Waals surface area contributed by atoms with E-state index in [4.69, 9.17) is 9.84 Å². The topological polar surface area (TPSA) is 63.6 Å². The highest BCUT2D eigenvalue weighted by Crippen LogP contribution is 2.17. The molecule has 0 saturated carbocycles. The number of carbonyl (C=O) groups is 2. The maximum Gasteiger partial charge on any atom is 0.306 e. The van der Waals surface area contributed by atoms with Crippen LogP contribution in [-0.2, 0) is 14.3 Å². The molecule has 250 valence electrons. The van der Waals surface area contributed by atoms with Gasteiger partial charge in [0.05, 0.1) is 0 Å². The molecule has 0 saturated heterocycles. The van der Waals surface area contributed by atoms with Crippen LogP contribution in [0.5, 0.6) is 0 Å². The minimum absolute atomic E-state index is 0.0322. The number of hydrogen-bond donors (Lipinski definition) is 1. The number of unbranched alkanes of at least 4 members (excludes halogenated alkanes) is 10. The Morgan fingerprint density at radius 2 is 0.955 bits per heavy atom. The van der Waals surface area contributed by atoms with Crippen molar-refractivity contribution in [3.8, 4) is 0 Å². The predicted octanol–water partition coefficient (Wildman–Crippen LogP) is 12.3. The smallest absolute Gasteiger partial charge is 0.306 e. The van der Waals surface area contributed by atoms with Crippen LogP contribution >= 0.6 is 0 Å². The van der Waals surface area contributed by atoms with Crippen LogP contribution in [0.4, 0.5) is 0 Å². The van der Waals surface area contributed by atoms with Gasteiger partial charge in [0, 0.05) is 12.8 Å². The van der Waals surface area contributed by atoms with Crippen LogP contribution < -0.4 is 0 Å². The van der Waals surface area contributed by atoms with Crippen molar-refractivity contribution >= 4 is 11.9 Å². The molecule has 0 amide bonds. The molecule has 0 spiro atoms. The molecule has 0 aromatic rings. The number of allylic oxidation sites excluding steroid dienone is 12. The van der Waals surface area contributed by atoms with Crippen LogP contribution in [0.1, 0.15) is 162 Å². The van der Waals surface area contributed by atoms with Gasteiger partial charge in [-0.1, -0.05) is 138 Å². The SMILES string of the molecule is CC/C=C\C/C=C\C/C=C\C/C=C\C/C=C\C/C=C\CCCCC(=O)OC(CCCC)CCCCCCCCCCC(=O)O. The first-order valence-corrected chi connectivity index (χ1v) is 17.9. The fourth-order valence-corrected chi connectivity index (χ4v) is 4.82. The van der Waals surface area contributed by atoms with Gasteiger partial charge in [-0.25, -0.2) is 0 Å². The van der Waals surface area contributed by atoms with Gasteiger partial charge in [-0.05, 0) is 83.5 Å². The van der Waals surface area contributed by atoms with Gasteiger partial charge in [0.25, 0.3) is 0 Å². The third kappa shape index (κ3) is 33.9. The Bertz CT molecular complexity index is 830. The summed E-state index contributed by atoms with van der Waals surface area (Å²) in [6.45, 7) is 4.34. The summed E-state index contributed by atoms with van der Waals surface area (Å²) in [7, 11) is 0.